The number of para-hydroxylation sites is 1. The van der Waals surface area contributed by atoms with Crippen molar-refractivity contribution in [2.24, 2.45) is 0 Å². The Kier molecular flexibility index (Phi) is 4.55. The van der Waals surface area contributed by atoms with Gasteiger partial charge in [-0.05, 0) is 36.8 Å². The summed E-state index contributed by atoms with van der Waals surface area (Å²) in [5, 5.41) is 4.88. The number of amides is 2. The lowest BCUT2D eigenvalue weighted by molar-refractivity contribution is 0.0987. The maximum Gasteiger partial charge on any atom is 0.291 e. The first-order chi connectivity index (χ1) is 15.1. The van der Waals surface area contributed by atoms with E-state index in [-0.39, 0.29) is 17.1 Å². The molecule has 0 aliphatic carbocycles. The van der Waals surface area contributed by atoms with E-state index >= 15 is 0 Å². The Morgan fingerprint density at radius 1 is 1.00 bits per heavy atom. The quantitative estimate of drug-likeness (QED) is 0.502. The average Bonchev–Trinajstić information content (AvgIpc) is 3.06. The number of carbonyl (C=O) groups is 2. The first-order valence-electron chi connectivity index (χ1n) is 10.3. The number of anilines is 2. The van der Waals surface area contributed by atoms with Gasteiger partial charge in [-0.1, -0.05) is 37.6 Å². The van der Waals surface area contributed by atoms with Crippen LogP contribution in [0.1, 0.15) is 40.7 Å². The summed E-state index contributed by atoms with van der Waals surface area (Å²) >= 11 is 0. The number of nitrogens with zero attached hydrogens (tertiary/aromatic N) is 1. The smallest absolute Gasteiger partial charge is 0.291 e. The van der Waals surface area contributed by atoms with E-state index in [0.29, 0.717) is 28.8 Å². The topological polar surface area (TPSA) is 79.6 Å². The summed E-state index contributed by atoms with van der Waals surface area (Å²) in [7, 11) is 0. The molecule has 2 amide bonds. The Morgan fingerprint density at radius 2 is 1.81 bits per heavy atom. The monoisotopic (exact) mass is 412 g/mol. The van der Waals surface area contributed by atoms with E-state index in [9.17, 15) is 14.4 Å². The van der Waals surface area contributed by atoms with Crippen molar-refractivity contribution < 1.29 is 14.0 Å². The number of nitrogens with one attached hydrogen (secondary N) is 1. The third-order valence-corrected chi connectivity index (χ3v) is 5.63. The maximum atomic E-state index is 12.9. The zero-order chi connectivity index (χ0) is 21.5. The van der Waals surface area contributed by atoms with Gasteiger partial charge in [-0.15, -0.1) is 0 Å². The lowest BCUT2D eigenvalue weighted by Crippen LogP contribution is -2.27. The Hall–Kier alpha value is -3.93. The Balaban J connectivity index is 1.54. The summed E-state index contributed by atoms with van der Waals surface area (Å²) in [6.07, 6.45) is 1.91. The van der Waals surface area contributed by atoms with Crippen LogP contribution in [-0.2, 0) is 0 Å². The number of unbranched alkanes of at least 4 members (excludes halogenated alkanes) is 1. The number of rotatable bonds is 5. The van der Waals surface area contributed by atoms with Crippen LogP contribution in [0, 0.1) is 0 Å². The van der Waals surface area contributed by atoms with Gasteiger partial charge in [0.05, 0.1) is 11.1 Å². The first-order valence-corrected chi connectivity index (χ1v) is 10.3. The summed E-state index contributed by atoms with van der Waals surface area (Å²) in [5.41, 5.74) is 2.14. The molecule has 4 aromatic rings. The van der Waals surface area contributed by atoms with Crippen LogP contribution >= 0.6 is 0 Å². The molecule has 6 heteroatoms. The molecule has 3 aromatic carbocycles. The van der Waals surface area contributed by atoms with Crippen molar-refractivity contribution in [3.05, 3.63) is 82.2 Å². The molecule has 0 fully saturated rings. The summed E-state index contributed by atoms with van der Waals surface area (Å²) < 4.78 is 5.65. The van der Waals surface area contributed by atoms with Gasteiger partial charge in [-0.25, -0.2) is 0 Å². The number of carbonyl (C=O) groups excluding carboxylic acids is 2. The molecule has 2 heterocycles. The molecule has 1 aromatic heterocycles. The second kappa shape index (κ2) is 7.40. The van der Waals surface area contributed by atoms with Crippen LogP contribution in [0.2, 0.25) is 0 Å². The molecule has 0 saturated heterocycles. The van der Waals surface area contributed by atoms with Gasteiger partial charge in [0.25, 0.3) is 11.8 Å². The van der Waals surface area contributed by atoms with Gasteiger partial charge in [0.15, 0.2) is 11.2 Å². The maximum absolute atomic E-state index is 12.9. The van der Waals surface area contributed by atoms with E-state index in [0.717, 1.165) is 29.3 Å². The second-order valence-corrected chi connectivity index (χ2v) is 7.60. The van der Waals surface area contributed by atoms with E-state index in [1.165, 1.54) is 6.07 Å². The Labute approximate surface area is 178 Å². The van der Waals surface area contributed by atoms with E-state index < -0.39 is 5.91 Å². The predicted octanol–water partition coefficient (Wildman–Crippen LogP) is 4.96. The third-order valence-electron chi connectivity index (χ3n) is 5.63. The van der Waals surface area contributed by atoms with Gasteiger partial charge in [-0.2, -0.15) is 0 Å². The highest BCUT2D eigenvalue weighted by atomic mass is 16.3. The highest BCUT2D eigenvalue weighted by Gasteiger charge is 2.30. The van der Waals surface area contributed by atoms with Gasteiger partial charge in [-0.3, -0.25) is 14.4 Å². The minimum Gasteiger partial charge on any atom is -0.451 e. The third kappa shape index (κ3) is 3.08. The molecule has 1 aliphatic rings. The van der Waals surface area contributed by atoms with Crippen LogP contribution < -0.4 is 15.6 Å². The highest BCUT2D eigenvalue weighted by molar-refractivity contribution is 6.27. The van der Waals surface area contributed by atoms with Crippen LogP contribution in [-0.4, -0.2) is 18.4 Å². The average molecular weight is 412 g/mol. The molecule has 31 heavy (non-hydrogen) atoms. The fourth-order valence-corrected chi connectivity index (χ4v) is 4.09. The molecule has 154 valence electrons. The number of fused-ring (bicyclic) bond motifs is 1. The molecule has 0 atom stereocenters. The minimum atomic E-state index is -0.518. The summed E-state index contributed by atoms with van der Waals surface area (Å²) in [6, 6.07) is 17.2. The molecule has 0 saturated carbocycles. The van der Waals surface area contributed by atoms with Crippen molar-refractivity contribution in [1.29, 1.82) is 0 Å². The van der Waals surface area contributed by atoms with Crippen LogP contribution in [0.15, 0.2) is 69.9 Å². The van der Waals surface area contributed by atoms with Crippen LogP contribution in [0.25, 0.3) is 21.7 Å². The van der Waals surface area contributed by atoms with Gasteiger partial charge in [0.2, 0.25) is 0 Å². The van der Waals surface area contributed by atoms with Gasteiger partial charge >= 0.3 is 0 Å². The van der Waals surface area contributed by atoms with Gasteiger partial charge < -0.3 is 14.6 Å². The standard InChI is InChI=1S/C25H20N2O4/c1-2-3-13-27-19-12-11-18(15-8-6-9-17(23(15)19)25(27)30)26-24(29)22-14-20(28)16-7-4-5-10-21(16)31-22/h4-12,14H,2-3,13H2,1H3,(H,26,29). The van der Waals surface area contributed by atoms with Crippen molar-refractivity contribution in [3.63, 3.8) is 0 Å². The zero-order valence-corrected chi connectivity index (χ0v) is 17.0. The van der Waals surface area contributed by atoms with E-state index in [4.69, 9.17) is 4.42 Å². The number of hydrogen-bond acceptors (Lipinski definition) is 4. The fourth-order valence-electron chi connectivity index (χ4n) is 4.09. The number of benzene rings is 3. The molecular weight excluding hydrogens is 392 g/mol. The Morgan fingerprint density at radius 3 is 2.65 bits per heavy atom. The second-order valence-electron chi connectivity index (χ2n) is 7.60. The van der Waals surface area contributed by atoms with Crippen LogP contribution in [0.5, 0.6) is 0 Å². The van der Waals surface area contributed by atoms with Gasteiger partial charge in [0, 0.05) is 34.6 Å². The molecule has 0 spiro atoms. The lowest BCUT2D eigenvalue weighted by Gasteiger charge is -2.17. The summed E-state index contributed by atoms with van der Waals surface area (Å²) in [4.78, 5) is 39.9. The van der Waals surface area contributed by atoms with Crippen LogP contribution in [0.3, 0.4) is 0 Å². The van der Waals surface area contributed by atoms with E-state index in [1.807, 2.05) is 24.3 Å². The molecule has 0 radical (unpaired) electrons. The predicted molar refractivity (Wildman–Crippen MR) is 121 cm³/mol. The SMILES string of the molecule is CCCCN1C(=O)c2cccc3c(NC(=O)c4cc(=O)c5ccccc5o4)ccc1c23. The van der Waals surface area contributed by atoms with Crippen molar-refractivity contribution in [3.8, 4) is 0 Å². The largest absolute Gasteiger partial charge is 0.451 e. The molecule has 0 unspecified atom stereocenters. The van der Waals surface area contributed by atoms with Crippen molar-refractivity contribution in [2.75, 3.05) is 16.8 Å². The lowest BCUT2D eigenvalue weighted by atomic mass is 10.0. The van der Waals surface area contributed by atoms with E-state index in [2.05, 4.69) is 12.2 Å². The van der Waals surface area contributed by atoms with Gasteiger partial charge in [0.1, 0.15) is 5.58 Å². The summed E-state index contributed by atoms with van der Waals surface area (Å²) in [6.45, 7) is 2.75. The van der Waals surface area contributed by atoms with Crippen molar-refractivity contribution in [2.45, 2.75) is 19.8 Å². The molecule has 1 N–H and O–H groups in total. The van der Waals surface area contributed by atoms with Crippen molar-refractivity contribution in [1.82, 2.24) is 0 Å². The zero-order valence-electron chi connectivity index (χ0n) is 17.0. The van der Waals surface area contributed by atoms with Crippen molar-refractivity contribution >= 4 is 44.9 Å². The molecule has 5 rings (SSSR count). The number of hydrogen-bond donors (Lipinski definition) is 1. The van der Waals surface area contributed by atoms with Crippen LogP contribution in [0.4, 0.5) is 11.4 Å². The Bertz CT molecular complexity index is 1420. The normalized spacial score (nSPS) is 12.7. The minimum absolute atomic E-state index is 0.0157. The fraction of sp³-hybridized carbons (Fsp3) is 0.160. The van der Waals surface area contributed by atoms with E-state index in [1.54, 1.807) is 35.2 Å². The molecule has 0 bridgehead atoms. The molecule has 1 aliphatic heterocycles. The summed E-state index contributed by atoms with van der Waals surface area (Å²) in [5.74, 6) is -0.596. The first kappa shape index (κ1) is 19.1. The molecule has 6 nitrogen and oxygen atoms in total. The molecular formula is C25H20N2O4. The highest BCUT2D eigenvalue weighted by Crippen LogP contribution is 2.40.